The summed E-state index contributed by atoms with van der Waals surface area (Å²) in [5, 5.41) is 4.31. The number of hydrogen-bond donors (Lipinski definition) is 0. The van der Waals surface area contributed by atoms with Crippen molar-refractivity contribution in [3.8, 4) is 11.3 Å². The Labute approximate surface area is 192 Å². The molecule has 2 heterocycles. The summed E-state index contributed by atoms with van der Waals surface area (Å²) in [6.45, 7) is 0.179. The number of carbonyl (C=O) groups is 1. The Morgan fingerprint density at radius 2 is 1.67 bits per heavy atom. The maximum absolute atomic E-state index is 12.8. The van der Waals surface area contributed by atoms with Gasteiger partial charge in [0.25, 0.3) is 5.91 Å². The quantitative estimate of drug-likeness (QED) is 0.538. The molecular weight excluding hydrogens is 483 g/mol. The van der Waals surface area contributed by atoms with Gasteiger partial charge in [-0.3, -0.25) is 4.79 Å². The van der Waals surface area contributed by atoms with Crippen molar-refractivity contribution in [1.29, 1.82) is 0 Å². The zero-order valence-corrected chi connectivity index (χ0v) is 18.5. The third-order valence-electron chi connectivity index (χ3n) is 5.18. The van der Waals surface area contributed by atoms with Gasteiger partial charge in [0, 0.05) is 42.8 Å². The highest BCUT2D eigenvalue weighted by Crippen LogP contribution is 2.30. The first kappa shape index (κ1) is 23.3. The van der Waals surface area contributed by atoms with Gasteiger partial charge >= 0.3 is 6.18 Å². The summed E-state index contributed by atoms with van der Waals surface area (Å²) in [6.07, 6.45) is -4.55. The molecule has 1 amide bonds. The predicted octanol–water partition coefficient (Wildman–Crippen LogP) is 4.16. The second kappa shape index (κ2) is 8.81. The normalized spacial score (nSPS) is 15.6. The van der Waals surface area contributed by atoms with Gasteiger partial charge in [-0.15, -0.1) is 0 Å². The summed E-state index contributed by atoms with van der Waals surface area (Å²) < 4.78 is 70.1. The molecule has 33 heavy (non-hydrogen) atoms. The lowest BCUT2D eigenvalue weighted by Gasteiger charge is -2.33. The molecule has 4 rings (SSSR count). The molecule has 1 aliphatic rings. The molecule has 3 aromatic rings. The maximum atomic E-state index is 12.8. The van der Waals surface area contributed by atoms with Crippen molar-refractivity contribution in [2.24, 2.45) is 0 Å². The maximum Gasteiger partial charge on any atom is 0.416 e. The highest BCUT2D eigenvalue weighted by atomic mass is 35.5. The van der Waals surface area contributed by atoms with E-state index in [4.69, 9.17) is 16.1 Å². The number of rotatable bonds is 4. The van der Waals surface area contributed by atoms with E-state index in [-0.39, 0.29) is 36.8 Å². The average molecular weight is 500 g/mol. The molecule has 174 valence electrons. The van der Waals surface area contributed by atoms with Crippen molar-refractivity contribution in [3.63, 3.8) is 0 Å². The van der Waals surface area contributed by atoms with Gasteiger partial charge in [-0.05, 0) is 36.4 Å². The minimum Gasteiger partial charge on any atom is -0.355 e. The Hall–Kier alpha value is -2.89. The molecule has 0 N–H and O–H groups in total. The van der Waals surface area contributed by atoms with Crippen molar-refractivity contribution in [2.75, 3.05) is 26.2 Å². The molecule has 0 bridgehead atoms. The molecule has 12 heteroatoms. The number of amides is 1. The third-order valence-corrected chi connectivity index (χ3v) is 7.33. The fraction of sp³-hybridized carbons (Fsp3) is 0.238. The van der Waals surface area contributed by atoms with E-state index in [1.54, 1.807) is 24.3 Å². The highest BCUT2D eigenvalue weighted by molar-refractivity contribution is 7.89. The van der Waals surface area contributed by atoms with E-state index in [9.17, 15) is 26.4 Å². The van der Waals surface area contributed by atoms with Crippen LogP contribution in [0.25, 0.3) is 11.3 Å². The van der Waals surface area contributed by atoms with Crippen LogP contribution in [0.5, 0.6) is 0 Å². The molecule has 2 aromatic carbocycles. The summed E-state index contributed by atoms with van der Waals surface area (Å²) >= 11 is 5.97. The van der Waals surface area contributed by atoms with Gasteiger partial charge in [0.1, 0.15) is 0 Å². The SMILES string of the molecule is O=C(c1cc(-c2cccc(Cl)c2)on1)N1CCN(S(=O)(=O)c2ccc(C(F)(F)F)cc2)CC1. The second-order valence-corrected chi connectivity index (χ2v) is 9.68. The van der Waals surface area contributed by atoms with Crippen LogP contribution in [0, 0.1) is 0 Å². The van der Waals surface area contributed by atoms with E-state index in [1.807, 2.05) is 0 Å². The van der Waals surface area contributed by atoms with Crippen molar-refractivity contribution in [3.05, 3.63) is 70.9 Å². The smallest absolute Gasteiger partial charge is 0.355 e. The van der Waals surface area contributed by atoms with Gasteiger partial charge in [0.05, 0.1) is 10.5 Å². The van der Waals surface area contributed by atoms with Gasteiger partial charge in [-0.25, -0.2) is 8.42 Å². The fourth-order valence-electron chi connectivity index (χ4n) is 3.41. The number of halogens is 4. The summed E-state index contributed by atoms with van der Waals surface area (Å²) in [4.78, 5) is 14.0. The molecule has 1 fully saturated rings. The minimum atomic E-state index is -4.55. The molecule has 0 spiro atoms. The van der Waals surface area contributed by atoms with Crippen LogP contribution in [0.3, 0.4) is 0 Å². The fourth-order valence-corrected chi connectivity index (χ4v) is 5.02. The van der Waals surface area contributed by atoms with Gasteiger partial charge < -0.3 is 9.42 Å². The van der Waals surface area contributed by atoms with Crippen LogP contribution in [0.15, 0.2) is 64.0 Å². The van der Waals surface area contributed by atoms with Gasteiger partial charge in [-0.1, -0.05) is 28.9 Å². The van der Waals surface area contributed by atoms with Crippen LogP contribution in [-0.2, 0) is 16.2 Å². The molecular formula is C21H17ClF3N3O4S. The number of aromatic nitrogens is 1. The zero-order valence-electron chi connectivity index (χ0n) is 16.9. The Bertz CT molecular complexity index is 1270. The molecule has 1 saturated heterocycles. The monoisotopic (exact) mass is 499 g/mol. The standard InChI is InChI=1S/C21H17ClF3N3O4S/c22-16-3-1-2-14(12-16)19-13-18(26-32-19)20(29)27-8-10-28(11-9-27)33(30,31)17-6-4-15(5-7-17)21(23,24)25/h1-7,12-13H,8-11H2. The van der Waals surface area contributed by atoms with E-state index >= 15 is 0 Å². The van der Waals surface area contributed by atoms with Crippen LogP contribution in [0.2, 0.25) is 5.02 Å². The highest BCUT2D eigenvalue weighted by Gasteiger charge is 2.33. The lowest BCUT2D eigenvalue weighted by atomic mass is 10.1. The largest absolute Gasteiger partial charge is 0.416 e. The number of alkyl halides is 3. The van der Waals surface area contributed by atoms with Gasteiger partial charge in [0.15, 0.2) is 11.5 Å². The molecule has 1 aromatic heterocycles. The van der Waals surface area contributed by atoms with Gasteiger partial charge in [-0.2, -0.15) is 17.5 Å². The van der Waals surface area contributed by atoms with Crippen molar-refractivity contribution in [2.45, 2.75) is 11.1 Å². The van der Waals surface area contributed by atoms with E-state index in [1.165, 1.54) is 11.0 Å². The summed E-state index contributed by atoms with van der Waals surface area (Å²) in [5.41, 5.74) is -0.202. The van der Waals surface area contributed by atoms with Crippen LogP contribution in [-0.4, -0.2) is 54.9 Å². The Morgan fingerprint density at radius 3 is 2.27 bits per heavy atom. The Morgan fingerprint density at radius 1 is 1.00 bits per heavy atom. The number of sulfonamides is 1. The van der Waals surface area contributed by atoms with E-state index in [0.29, 0.717) is 16.3 Å². The molecule has 0 aliphatic carbocycles. The number of hydrogen-bond acceptors (Lipinski definition) is 5. The van der Waals surface area contributed by atoms with Crippen LogP contribution >= 0.6 is 11.6 Å². The third kappa shape index (κ3) is 4.90. The predicted molar refractivity (Wildman–Crippen MR) is 113 cm³/mol. The average Bonchev–Trinajstić information content (AvgIpc) is 3.29. The Balaban J connectivity index is 1.42. The number of nitrogens with zero attached hydrogens (tertiary/aromatic N) is 3. The van der Waals surface area contributed by atoms with Crippen LogP contribution in [0.4, 0.5) is 13.2 Å². The summed E-state index contributed by atoms with van der Waals surface area (Å²) in [6, 6.07) is 11.7. The van der Waals surface area contributed by atoms with Crippen LogP contribution < -0.4 is 0 Å². The second-order valence-electron chi connectivity index (χ2n) is 7.31. The van der Waals surface area contributed by atoms with Crippen molar-refractivity contribution < 1.29 is 30.9 Å². The topological polar surface area (TPSA) is 83.7 Å². The summed E-state index contributed by atoms with van der Waals surface area (Å²) in [5.74, 6) is -0.0528. The Kier molecular flexibility index (Phi) is 6.21. The molecule has 1 aliphatic heterocycles. The zero-order chi connectivity index (χ0) is 23.8. The number of piperazine rings is 1. The number of carbonyl (C=O) groups excluding carboxylic acids is 1. The summed E-state index contributed by atoms with van der Waals surface area (Å²) in [7, 11) is -3.99. The molecule has 0 unspecified atom stereocenters. The first-order valence-electron chi connectivity index (χ1n) is 9.75. The van der Waals surface area contributed by atoms with E-state index in [0.717, 1.165) is 28.6 Å². The number of benzene rings is 2. The van der Waals surface area contributed by atoms with Crippen LogP contribution in [0.1, 0.15) is 16.1 Å². The molecule has 0 radical (unpaired) electrons. The minimum absolute atomic E-state index is 0.00586. The first-order valence-corrected chi connectivity index (χ1v) is 11.6. The van der Waals surface area contributed by atoms with Crippen molar-refractivity contribution in [1.82, 2.24) is 14.4 Å². The van der Waals surface area contributed by atoms with Gasteiger partial charge in [0.2, 0.25) is 10.0 Å². The molecule has 0 saturated carbocycles. The first-order chi connectivity index (χ1) is 15.6. The molecule has 7 nitrogen and oxygen atoms in total. The van der Waals surface area contributed by atoms with E-state index in [2.05, 4.69) is 5.16 Å². The molecule has 0 atom stereocenters. The lowest BCUT2D eigenvalue weighted by molar-refractivity contribution is -0.137. The van der Waals surface area contributed by atoms with E-state index < -0.39 is 27.7 Å². The lowest BCUT2D eigenvalue weighted by Crippen LogP contribution is -2.50. The van der Waals surface area contributed by atoms with Crippen molar-refractivity contribution >= 4 is 27.5 Å².